The zero-order valence-corrected chi connectivity index (χ0v) is 9.62. The van der Waals surface area contributed by atoms with Gasteiger partial charge in [-0.25, -0.2) is 0 Å². The van der Waals surface area contributed by atoms with E-state index in [9.17, 15) is 0 Å². The number of hydrogen-bond donors (Lipinski definition) is 1. The van der Waals surface area contributed by atoms with E-state index in [1.165, 1.54) is 4.80 Å². The lowest BCUT2D eigenvalue weighted by atomic mass is 10.1. The van der Waals surface area contributed by atoms with Gasteiger partial charge in [0, 0.05) is 31.3 Å². The number of hydrogen-bond acceptors (Lipinski definition) is 5. The molecular weight excluding hydrogens is 206 g/mol. The van der Waals surface area contributed by atoms with E-state index in [2.05, 4.69) is 25.8 Å². The van der Waals surface area contributed by atoms with E-state index in [4.69, 9.17) is 0 Å². The van der Waals surface area contributed by atoms with Crippen LogP contribution in [0, 0.1) is 0 Å². The lowest BCUT2D eigenvalue weighted by molar-refractivity contribution is 0.569. The number of aryl methyl sites for hydroxylation is 2. The van der Waals surface area contributed by atoms with Gasteiger partial charge in [-0.1, -0.05) is 0 Å². The molecule has 1 unspecified atom stereocenters. The number of rotatable bonds is 4. The fourth-order valence-electron chi connectivity index (χ4n) is 1.59. The van der Waals surface area contributed by atoms with Gasteiger partial charge in [-0.2, -0.15) is 9.90 Å². The average molecular weight is 221 g/mol. The largest absolute Gasteiger partial charge is 0.313 e. The van der Waals surface area contributed by atoms with Crippen molar-refractivity contribution in [2.75, 3.05) is 7.05 Å². The fraction of sp³-hybridized carbons (Fsp3) is 0.556. The van der Waals surface area contributed by atoms with Gasteiger partial charge in [-0.05, 0) is 12.3 Å². The average Bonchev–Trinajstić information content (AvgIpc) is 2.84. The third kappa shape index (κ3) is 2.25. The number of tetrazole rings is 1. The first kappa shape index (κ1) is 10.7. The summed E-state index contributed by atoms with van der Waals surface area (Å²) in [6, 6.07) is 0.165. The Morgan fingerprint density at radius 2 is 2.25 bits per heavy atom. The van der Waals surface area contributed by atoms with E-state index < -0.39 is 0 Å². The second-order valence-corrected chi connectivity index (χ2v) is 3.69. The number of nitrogens with zero attached hydrogens (tertiary/aromatic N) is 6. The highest BCUT2D eigenvalue weighted by Gasteiger charge is 2.14. The van der Waals surface area contributed by atoms with Crippen LogP contribution in [0.5, 0.6) is 0 Å². The summed E-state index contributed by atoms with van der Waals surface area (Å²) in [6.07, 6.45) is 4.53. The van der Waals surface area contributed by atoms with Crippen LogP contribution in [0.25, 0.3) is 0 Å². The van der Waals surface area contributed by atoms with Crippen LogP contribution < -0.4 is 5.32 Å². The Labute approximate surface area is 93.5 Å². The normalized spacial score (nSPS) is 12.9. The highest BCUT2D eigenvalue weighted by molar-refractivity contribution is 5.11. The first-order valence-corrected chi connectivity index (χ1v) is 5.07. The molecule has 16 heavy (non-hydrogen) atoms. The first-order chi connectivity index (χ1) is 7.69. The van der Waals surface area contributed by atoms with Gasteiger partial charge in [-0.3, -0.25) is 4.68 Å². The van der Waals surface area contributed by atoms with E-state index >= 15 is 0 Å². The maximum Gasteiger partial charge on any atom is 0.176 e. The van der Waals surface area contributed by atoms with Crippen molar-refractivity contribution in [3.63, 3.8) is 0 Å². The Bertz CT molecular complexity index is 458. The predicted octanol–water partition coefficient (Wildman–Crippen LogP) is -0.553. The molecule has 1 atom stereocenters. The number of nitrogens with one attached hydrogen (secondary N) is 1. The molecule has 0 aliphatic rings. The van der Waals surface area contributed by atoms with Crippen molar-refractivity contribution in [3.8, 4) is 0 Å². The highest BCUT2D eigenvalue weighted by atomic mass is 15.6. The Hall–Kier alpha value is -1.76. The topological polar surface area (TPSA) is 73.5 Å². The number of aromatic nitrogens is 6. The second kappa shape index (κ2) is 4.40. The van der Waals surface area contributed by atoms with Crippen LogP contribution in [0.4, 0.5) is 0 Å². The molecule has 0 aromatic carbocycles. The lowest BCUT2D eigenvalue weighted by Crippen LogP contribution is -2.19. The molecule has 0 aliphatic carbocycles. The summed E-state index contributed by atoms with van der Waals surface area (Å²) in [7, 11) is 5.57. The van der Waals surface area contributed by atoms with Crippen LogP contribution in [0.3, 0.4) is 0 Å². The third-order valence-electron chi connectivity index (χ3n) is 2.41. The molecule has 0 saturated carbocycles. The Morgan fingerprint density at radius 1 is 1.44 bits per heavy atom. The molecule has 2 rings (SSSR count). The third-order valence-corrected chi connectivity index (χ3v) is 2.41. The SMILES string of the molecule is CNC(Cc1nnn(C)n1)c1cnn(C)c1. The minimum absolute atomic E-state index is 0.165. The van der Waals surface area contributed by atoms with Gasteiger partial charge in [0.15, 0.2) is 5.82 Å². The molecule has 2 aromatic rings. The second-order valence-electron chi connectivity index (χ2n) is 3.69. The maximum atomic E-state index is 4.16. The standard InChI is InChI=1S/C9H15N7/c1-10-8(7-5-11-15(2)6-7)4-9-12-14-16(3)13-9/h5-6,8,10H,4H2,1-3H3. The molecule has 7 heteroatoms. The van der Waals surface area contributed by atoms with Gasteiger partial charge in [0.25, 0.3) is 0 Å². The minimum atomic E-state index is 0.165. The van der Waals surface area contributed by atoms with E-state index in [0.29, 0.717) is 6.42 Å². The van der Waals surface area contributed by atoms with Gasteiger partial charge in [0.1, 0.15) is 0 Å². The van der Waals surface area contributed by atoms with Crippen molar-refractivity contribution in [1.82, 2.24) is 35.3 Å². The zero-order chi connectivity index (χ0) is 11.5. The van der Waals surface area contributed by atoms with E-state index in [-0.39, 0.29) is 6.04 Å². The molecule has 0 aliphatic heterocycles. The van der Waals surface area contributed by atoms with Crippen molar-refractivity contribution in [2.24, 2.45) is 14.1 Å². The molecule has 0 amide bonds. The molecule has 0 spiro atoms. The molecule has 2 heterocycles. The monoisotopic (exact) mass is 221 g/mol. The van der Waals surface area contributed by atoms with Crippen molar-refractivity contribution in [2.45, 2.75) is 12.5 Å². The Morgan fingerprint density at radius 3 is 2.75 bits per heavy atom. The molecule has 2 aromatic heterocycles. The van der Waals surface area contributed by atoms with Gasteiger partial charge in [0.2, 0.25) is 0 Å². The van der Waals surface area contributed by atoms with Crippen molar-refractivity contribution >= 4 is 0 Å². The molecule has 7 nitrogen and oxygen atoms in total. The van der Waals surface area contributed by atoms with Gasteiger partial charge in [0.05, 0.1) is 13.2 Å². The van der Waals surface area contributed by atoms with Gasteiger partial charge in [-0.15, -0.1) is 10.2 Å². The molecule has 0 fully saturated rings. The quantitative estimate of drug-likeness (QED) is 0.749. The molecule has 1 N–H and O–H groups in total. The Balaban J connectivity index is 2.12. The number of likely N-dealkylation sites (N-methyl/N-ethyl adjacent to an activating group) is 1. The lowest BCUT2D eigenvalue weighted by Gasteiger charge is -2.11. The summed E-state index contributed by atoms with van der Waals surface area (Å²) in [5.41, 5.74) is 1.12. The molecular formula is C9H15N7. The van der Waals surface area contributed by atoms with E-state index in [1.54, 1.807) is 11.7 Å². The maximum absolute atomic E-state index is 4.16. The van der Waals surface area contributed by atoms with Crippen LogP contribution in [0.15, 0.2) is 12.4 Å². The zero-order valence-electron chi connectivity index (χ0n) is 9.62. The molecule has 0 radical (unpaired) electrons. The van der Waals surface area contributed by atoms with Gasteiger partial charge >= 0.3 is 0 Å². The Kier molecular flexibility index (Phi) is 2.95. The summed E-state index contributed by atoms with van der Waals surface area (Å²) >= 11 is 0. The summed E-state index contributed by atoms with van der Waals surface area (Å²) in [5, 5.41) is 19.3. The summed E-state index contributed by atoms with van der Waals surface area (Å²) in [5.74, 6) is 0.728. The molecule has 0 saturated heterocycles. The van der Waals surface area contributed by atoms with Crippen LogP contribution in [0.2, 0.25) is 0 Å². The summed E-state index contributed by atoms with van der Waals surface area (Å²) < 4.78 is 1.78. The van der Waals surface area contributed by atoms with E-state index in [1.807, 2.05) is 26.5 Å². The van der Waals surface area contributed by atoms with E-state index in [0.717, 1.165) is 11.4 Å². The first-order valence-electron chi connectivity index (χ1n) is 5.07. The fourth-order valence-corrected chi connectivity index (χ4v) is 1.59. The predicted molar refractivity (Wildman–Crippen MR) is 57.5 cm³/mol. The van der Waals surface area contributed by atoms with Crippen LogP contribution in [-0.4, -0.2) is 37.0 Å². The minimum Gasteiger partial charge on any atom is -0.313 e. The van der Waals surface area contributed by atoms with Gasteiger partial charge < -0.3 is 5.32 Å². The smallest absolute Gasteiger partial charge is 0.176 e. The van der Waals surface area contributed by atoms with Crippen LogP contribution >= 0.6 is 0 Å². The summed E-state index contributed by atoms with van der Waals surface area (Å²) in [6.45, 7) is 0. The van der Waals surface area contributed by atoms with Crippen molar-refractivity contribution in [1.29, 1.82) is 0 Å². The van der Waals surface area contributed by atoms with Crippen molar-refractivity contribution in [3.05, 3.63) is 23.8 Å². The van der Waals surface area contributed by atoms with Crippen LogP contribution in [-0.2, 0) is 20.5 Å². The molecule has 86 valence electrons. The summed E-state index contributed by atoms with van der Waals surface area (Å²) in [4.78, 5) is 1.46. The van der Waals surface area contributed by atoms with Crippen molar-refractivity contribution < 1.29 is 0 Å². The molecule has 0 bridgehead atoms. The van der Waals surface area contributed by atoms with Crippen LogP contribution in [0.1, 0.15) is 17.4 Å². The highest BCUT2D eigenvalue weighted by Crippen LogP contribution is 2.14.